The molecule has 2 aliphatic rings. The maximum Gasteiger partial charge on any atom is 0.256 e. The number of halogens is 2. The Hall–Kier alpha value is -3.34. The molecule has 2 bridgehead atoms. The first kappa shape index (κ1) is 21.2. The van der Waals surface area contributed by atoms with E-state index in [2.05, 4.69) is 25.7 Å². The van der Waals surface area contributed by atoms with Gasteiger partial charge in [-0.25, -0.2) is 23.3 Å². The first-order valence-corrected chi connectivity index (χ1v) is 11.5. The predicted molar refractivity (Wildman–Crippen MR) is 124 cm³/mol. The molecule has 4 aromatic heterocycles. The van der Waals surface area contributed by atoms with Crippen molar-refractivity contribution < 1.29 is 13.9 Å². The van der Waals surface area contributed by atoms with Crippen molar-refractivity contribution in [3.63, 3.8) is 0 Å². The molecule has 4 heterocycles. The van der Waals surface area contributed by atoms with E-state index in [9.17, 15) is 13.9 Å². The number of hydrogen-bond donors (Lipinski definition) is 3. The lowest BCUT2D eigenvalue weighted by Gasteiger charge is -2.27. The Kier molecular flexibility index (Phi) is 4.57. The van der Waals surface area contributed by atoms with Crippen LogP contribution in [0.3, 0.4) is 0 Å². The minimum atomic E-state index is -2.50. The Bertz CT molecular complexity index is 1400. The summed E-state index contributed by atoms with van der Waals surface area (Å²) in [6.07, 6.45) is 3.43. The number of imidazole rings is 1. The fraction of sp³-hybridized carbons (Fsp3) is 0.478. The van der Waals surface area contributed by atoms with Gasteiger partial charge >= 0.3 is 0 Å². The molecule has 0 spiro atoms. The van der Waals surface area contributed by atoms with E-state index in [0.29, 0.717) is 40.9 Å². The molecule has 4 aromatic rings. The van der Waals surface area contributed by atoms with Crippen molar-refractivity contribution in [3.05, 3.63) is 30.2 Å². The van der Waals surface area contributed by atoms with Crippen LogP contribution >= 0.6 is 0 Å². The number of fused-ring (bicyclic) bond motifs is 4. The van der Waals surface area contributed by atoms with Crippen LogP contribution in [0.2, 0.25) is 0 Å². The van der Waals surface area contributed by atoms with Gasteiger partial charge in [0.15, 0.2) is 11.5 Å². The van der Waals surface area contributed by atoms with Crippen LogP contribution in [0, 0.1) is 6.92 Å². The van der Waals surface area contributed by atoms with Crippen LogP contribution in [-0.4, -0.2) is 58.9 Å². The number of rotatable bonds is 6. The van der Waals surface area contributed by atoms with Gasteiger partial charge in [0.2, 0.25) is 5.95 Å². The summed E-state index contributed by atoms with van der Waals surface area (Å²) in [5, 5.41) is 21.9. The molecule has 6 rings (SSSR count). The Morgan fingerprint density at radius 2 is 1.91 bits per heavy atom. The van der Waals surface area contributed by atoms with Crippen LogP contribution in [-0.2, 0) is 6.54 Å². The molecule has 0 saturated heterocycles. The van der Waals surface area contributed by atoms with E-state index in [1.807, 2.05) is 18.3 Å². The number of aliphatic hydroxyl groups is 1. The summed E-state index contributed by atoms with van der Waals surface area (Å²) in [7, 11) is 1.79. The Morgan fingerprint density at radius 1 is 1.12 bits per heavy atom. The SMILES string of the molecule is CNc1nc(NC23CCC(O)(CC2)C3)nn2ccc(-c3ccc4nc(C)n(CC(F)F)c4n3)c12. The van der Waals surface area contributed by atoms with Gasteiger partial charge in [0.1, 0.15) is 16.9 Å². The van der Waals surface area contributed by atoms with Gasteiger partial charge < -0.3 is 20.3 Å². The van der Waals surface area contributed by atoms with Crippen molar-refractivity contribution in [1.82, 2.24) is 29.1 Å². The molecule has 0 amide bonds. The van der Waals surface area contributed by atoms with Gasteiger partial charge in [-0.15, -0.1) is 5.10 Å². The highest BCUT2D eigenvalue weighted by atomic mass is 19.3. The first-order valence-electron chi connectivity index (χ1n) is 11.5. The van der Waals surface area contributed by atoms with E-state index in [1.54, 1.807) is 24.6 Å². The molecule has 0 radical (unpaired) electrons. The largest absolute Gasteiger partial charge is 0.390 e. The second-order valence-corrected chi connectivity index (χ2v) is 9.56. The number of alkyl halides is 2. The summed E-state index contributed by atoms with van der Waals surface area (Å²) in [6, 6.07) is 5.53. The number of aryl methyl sites for hydroxylation is 1. The van der Waals surface area contributed by atoms with Gasteiger partial charge in [0.25, 0.3) is 6.43 Å². The molecule has 178 valence electrons. The van der Waals surface area contributed by atoms with E-state index in [1.165, 1.54) is 4.57 Å². The van der Waals surface area contributed by atoms with Crippen molar-refractivity contribution in [2.75, 3.05) is 17.7 Å². The monoisotopic (exact) mass is 468 g/mol. The summed E-state index contributed by atoms with van der Waals surface area (Å²) in [4.78, 5) is 13.8. The molecule has 3 N–H and O–H groups in total. The molecule has 2 fully saturated rings. The molecule has 9 nitrogen and oxygen atoms in total. The zero-order valence-electron chi connectivity index (χ0n) is 19.0. The molecule has 0 unspecified atom stereocenters. The van der Waals surface area contributed by atoms with Gasteiger partial charge in [-0.2, -0.15) is 4.98 Å². The summed E-state index contributed by atoms with van der Waals surface area (Å²) in [5.74, 6) is 1.63. The smallest absolute Gasteiger partial charge is 0.256 e. The average Bonchev–Trinajstić information content (AvgIpc) is 3.53. The number of nitrogens with one attached hydrogen (secondary N) is 2. The zero-order valence-corrected chi connectivity index (χ0v) is 19.0. The molecule has 0 aliphatic heterocycles. The van der Waals surface area contributed by atoms with Gasteiger partial charge in [-0.1, -0.05) is 0 Å². The van der Waals surface area contributed by atoms with Crippen LogP contribution < -0.4 is 10.6 Å². The molecule has 2 saturated carbocycles. The third-order valence-electron chi connectivity index (χ3n) is 7.31. The Labute approximate surface area is 194 Å². The fourth-order valence-corrected chi connectivity index (χ4v) is 5.66. The number of anilines is 2. The second-order valence-electron chi connectivity index (χ2n) is 9.56. The third-order valence-corrected chi connectivity index (χ3v) is 7.31. The van der Waals surface area contributed by atoms with E-state index in [-0.39, 0.29) is 5.54 Å². The van der Waals surface area contributed by atoms with E-state index >= 15 is 0 Å². The minimum absolute atomic E-state index is 0.170. The molecule has 11 heteroatoms. The highest BCUT2D eigenvalue weighted by molar-refractivity contribution is 5.89. The summed E-state index contributed by atoms with van der Waals surface area (Å²) in [5.41, 5.74) is 2.42. The zero-order chi connectivity index (χ0) is 23.7. The lowest BCUT2D eigenvalue weighted by atomic mass is 9.93. The number of nitrogens with zero attached hydrogens (tertiary/aromatic N) is 6. The second kappa shape index (κ2) is 7.33. The van der Waals surface area contributed by atoms with Crippen LogP contribution in [0.1, 0.15) is 37.9 Å². The Morgan fingerprint density at radius 3 is 2.59 bits per heavy atom. The molecule has 2 aliphatic carbocycles. The van der Waals surface area contributed by atoms with Gasteiger partial charge in [-0.05, 0) is 57.2 Å². The predicted octanol–water partition coefficient (Wildman–Crippen LogP) is 3.62. The number of hydrogen-bond acceptors (Lipinski definition) is 7. The minimum Gasteiger partial charge on any atom is -0.390 e. The molecule has 0 atom stereocenters. The van der Waals surface area contributed by atoms with Crippen molar-refractivity contribution in [2.45, 2.75) is 63.1 Å². The standard InChI is InChI=1S/C23H26F2N8O/c1-13-27-16-4-3-15(28-20(16)32(13)11-17(24)25)14-5-10-33-18(14)19(26-2)29-21(31-33)30-22-6-8-23(34,12-22)9-7-22/h3-5,10,17,34H,6-9,11-12H2,1-2H3,(H2,26,29,30,31). The lowest BCUT2D eigenvalue weighted by molar-refractivity contribution is 0.0521. The Balaban J connectivity index is 1.41. The van der Waals surface area contributed by atoms with Crippen LogP contribution in [0.5, 0.6) is 0 Å². The van der Waals surface area contributed by atoms with Gasteiger partial charge in [-0.3, -0.25) is 0 Å². The maximum atomic E-state index is 13.1. The van der Waals surface area contributed by atoms with Crippen molar-refractivity contribution in [2.24, 2.45) is 0 Å². The number of pyridine rings is 1. The van der Waals surface area contributed by atoms with Crippen molar-refractivity contribution in [1.29, 1.82) is 0 Å². The highest BCUT2D eigenvalue weighted by Gasteiger charge is 2.53. The van der Waals surface area contributed by atoms with Crippen LogP contribution in [0.15, 0.2) is 24.4 Å². The van der Waals surface area contributed by atoms with E-state index in [0.717, 1.165) is 36.8 Å². The van der Waals surface area contributed by atoms with Crippen LogP contribution in [0.25, 0.3) is 27.9 Å². The van der Waals surface area contributed by atoms with Crippen LogP contribution in [0.4, 0.5) is 20.5 Å². The molecule has 34 heavy (non-hydrogen) atoms. The molecular weight excluding hydrogens is 442 g/mol. The number of aromatic nitrogens is 6. The fourth-order valence-electron chi connectivity index (χ4n) is 5.66. The summed E-state index contributed by atoms with van der Waals surface area (Å²) >= 11 is 0. The molecule has 0 aromatic carbocycles. The highest BCUT2D eigenvalue weighted by Crippen LogP contribution is 2.51. The molecular formula is C23H26F2N8O. The van der Waals surface area contributed by atoms with E-state index in [4.69, 9.17) is 4.98 Å². The quantitative estimate of drug-likeness (QED) is 0.397. The summed E-state index contributed by atoms with van der Waals surface area (Å²) < 4.78 is 29.4. The summed E-state index contributed by atoms with van der Waals surface area (Å²) in [6.45, 7) is 1.25. The normalized spacial score (nSPS) is 24.1. The first-order chi connectivity index (χ1) is 16.3. The topological polar surface area (TPSA) is 105 Å². The average molecular weight is 469 g/mol. The van der Waals surface area contributed by atoms with Crippen molar-refractivity contribution >= 4 is 28.4 Å². The van der Waals surface area contributed by atoms with Gasteiger partial charge in [0, 0.05) is 24.3 Å². The van der Waals surface area contributed by atoms with E-state index < -0.39 is 18.6 Å². The maximum absolute atomic E-state index is 13.1. The lowest BCUT2D eigenvalue weighted by Crippen LogP contribution is -2.34. The van der Waals surface area contributed by atoms with Crippen molar-refractivity contribution in [3.8, 4) is 11.3 Å². The van der Waals surface area contributed by atoms with Gasteiger partial charge in [0.05, 0.1) is 17.8 Å². The third kappa shape index (κ3) is 3.29.